The number of likely N-dealkylation sites (N-methyl/N-ethyl adjacent to an activating group) is 1. The van der Waals surface area contributed by atoms with E-state index in [1.54, 1.807) is 32.4 Å². The number of ether oxygens (including phenoxy) is 3. The van der Waals surface area contributed by atoms with Crippen molar-refractivity contribution in [3.05, 3.63) is 18.2 Å². The third-order valence-electron chi connectivity index (χ3n) is 4.21. The lowest BCUT2D eigenvalue weighted by Gasteiger charge is -2.40. The molecule has 0 aliphatic carbocycles. The molecule has 0 radical (unpaired) electrons. The lowest BCUT2D eigenvalue weighted by Crippen LogP contribution is -2.58. The van der Waals surface area contributed by atoms with Crippen LogP contribution in [0.2, 0.25) is 0 Å². The van der Waals surface area contributed by atoms with Gasteiger partial charge in [0, 0.05) is 40.1 Å². The van der Waals surface area contributed by atoms with E-state index in [0.717, 1.165) is 12.2 Å². The van der Waals surface area contributed by atoms with Crippen LogP contribution in [-0.4, -0.2) is 73.1 Å². The number of rotatable bonds is 6. The fraction of sp³-hybridized carbons (Fsp3) is 0.733. The lowest BCUT2D eigenvalue weighted by atomic mass is 10.0. The van der Waals surface area contributed by atoms with E-state index < -0.39 is 0 Å². The standard InChI is InChI=1S/C15H25N3O4/c1-5-13-16-6-7-18(13)8-14(19)17(2)11-9-22-10-12(20-3)15(11)21-4/h6-7,11-12,15H,5,8-10H2,1-4H3/t11-,12-,15+/m1/s1. The van der Waals surface area contributed by atoms with Gasteiger partial charge in [-0.15, -0.1) is 0 Å². The molecule has 0 bridgehead atoms. The molecule has 22 heavy (non-hydrogen) atoms. The maximum Gasteiger partial charge on any atom is 0.242 e. The van der Waals surface area contributed by atoms with Gasteiger partial charge in [0.15, 0.2) is 0 Å². The predicted octanol–water partition coefficient (Wildman–Crippen LogP) is 0.333. The van der Waals surface area contributed by atoms with Gasteiger partial charge in [0.1, 0.15) is 24.6 Å². The summed E-state index contributed by atoms with van der Waals surface area (Å²) in [5, 5.41) is 0. The first kappa shape index (κ1) is 16.9. The van der Waals surface area contributed by atoms with Crippen LogP contribution in [-0.2, 0) is 32.0 Å². The second kappa shape index (κ2) is 7.71. The molecule has 2 heterocycles. The first-order valence-electron chi connectivity index (χ1n) is 7.51. The van der Waals surface area contributed by atoms with Crippen molar-refractivity contribution in [1.29, 1.82) is 0 Å². The summed E-state index contributed by atoms with van der Waals surface area (Å²) >= 11 is 0. The van der Waals surface area contributed by atoms with Gasteiger partial charge < -0.3 is 23.7 Å². The molecule has 7 nitrogen and oxygen atoms in total. The Morgan fingerprint density at radius 1 is 1.45 bits per heavy atom. The fourth-order valence-corrected chi connectivity index (χ4v) is 2.83. The van der Waals surface area contributed by atoms with Crippen LogP contribution in [0.3, 0.4) is 0 Å². The van der Waals surface area contributed by atoms with E-state index in [2.05, 4.69) is 4.98 Å². The molecule has 2 rings (SSSR count). The molecular formula is C15H25N3O4. The molecule has 1 aromatic rings. The summed E-state index contributed by atoms with van der Waals surface area (Å²) < 4.78 is 18.4. The van der Waals surface area contributed by atoms with Gasteiger partial charge in [-0.3, -0.25) is 4.79 Å². The van der Waals surface area contributed by atoms with Crippen molar-refractivity contribution < 1.29 is 19.0 Å². The number of carbonyl (C=O) groups excluding carboxylic acids is 1. The van der Waals surface area contributed by atoms with Gasteiger partial charge in [0.25, 0.3) is 0 Å². The van der Waals surface area contributed by atoms with E-state index in [9.17, 15) is 4.79 Å². The second-order valence-corrected chi connectivity index (χ2v) is 5.41. The molecule has 0 saturated carbocycles. The summed E-state index contributed by atoms with van der Waals surface area (Å²) in [6.45, 7) is 3.22. The number of carbonyl (C=O) groups is 1. The lowest BCUT2D eigenvalue weighted by molar-refractivity contribution is -0.165. The minimum atomic E-state index is -0.193. The van der Waals surface area contributed by atoms with Crippen LogP contribution < -0.4 is 0 Å². The largest absolute Gasteiger partial charge is 0.376 e. The summed E-state index contributed by atoms with van der Waals surface area (Å²) in [6.07, 6.45) is 3.98. The number of nitrogens with zero attached hydrogens (tertiary/aromatic N) is 3. The summed E-state index contributed by atoms with van der Waals surface area (Å²) in [4.78, 5) is 18.5. The summed E-state index contributed by atoms with van der Waals surface area (Å²) in [5.74, 6) is 0.903. The predicted molar refractivity (Wildman–Crippen MR) is 80.6 cm³/mol. The zero-order valence-corrected chi connectivity index (χ0v) is 13.7. The Morgan fingerprint density at radius 2 is 2.23 bits per heavy atom. The maximum atomic E-state index is 12.6. The molecule has 0 spiro atoms. The Balaban J connectivity index is 2.05. The number of aryl methyl sites for hydroxylation is 1. The summed E-state index contributed by atoms with van der Waals surface area (Å²) in [6, 6.07) is -0.162. The van der Waals surface area contributed by atoms with Crippen LogP contribution in [0, 0.1) is 0 Å². The van der Waals surface area contributed by atoms with E-state index >= 15 is 0 Å². The zero-order chi connectivity index (χ0) is 16.1. The number of hydrogen-bond donors (Lipinski definition) is 0. The summed E-state index contributed by atoms with van der Waals surface area (Å²) in [5.41, 5.74) is 0. The highest BCUT2D eigenvalue weighted by molar-refractivity contribution is 5.76. The molecule has 1 aliphatic rings. The molecule has 1 aliphatic heterocycles. The molecule has 1 aromatic heterocycles. The van der Waals surface area contributed by atoms with Crippen molar-refractivity contribution in [1.82, 2.24) is 14.5 Å². The molecule has 0 unspecified atom stereocenters. The summed E-state index contributed by atoms with van der Waals surface area (Å²) in [7, 11) is 5.05. The number of hydrogen-bond acceptors (Lipinski definition) is 5. The Labute approximate surface area is 131 Å². The Hall–Kier alpha value is -1.44. The van der Waals surface area contributed by atoms with Gasteiger partial charge in [0.05, 0.1) is 19.3 Å². The molecule has 1 amide bonds. The highest BCUT2D eigenvalue weighted by atomic mass is 16.6. The van der Waals surface area contributed by atoms with Crippen LogP contribution >= 0.6 is 0 Å². The normalized spacial score (nSPS) is 25.2. The highest BCUT2D eigenvalue weighted by Gasteiger charge is 2.38. The third kappa shape index (κ3) is 3.48. The third-order valence-corrected chi connectivity index (χ3v) is 4.21. The van der Waals surface area contributed by atoms with Gasteiger partial charge >= 0.3 is 0 Å². The van der Waals surface area contributed by atoms with E-state index in [0.29, 0.717) is 13.2 Å². The number of methoxy groups -OCH3 is 2. The van der Waals surface area contributed by atoms with Gasteiger partial charge in [-0.1, -0.05) is 6.92 Å². The number of imidazole rings is 1. The van der Waals surface area contributed by atoms with Crippen LogP contribution in [0.5, 0.6) is 0 Å². The molecule has 0 aromatic carbocycles. The molecule has 1 fully saturated rings. The molecule has 7 heteroatoms. The minimum Gasteiger partial charge on any atom is -0.376 e. The minimum absolute atomic E-state index is 0.0000954. The average Bonchev–Trinajstić information content (AvgIpc) is 3.00. The van der Waals surface area contributed by atoms with E-state index in [1.807, 2.05) is 17.7 Å². The number of aromatic nitrogens is 2. The van der Waals surface area contributed by atoms with Crippen LogP contribution in [0.25, 0.3) is 0 Å². The van der Waals surface area contributed by atoms with Crippen LogP contribution in [0.4, 0.5) is 0 Å². The van der Waals surface area contributed by atoms with Gasteiger partial charge in [-0.05, 0) is 0 Å². The Kier molecular flexibility index (Phi) is 5.93. The molecule has 1 saturated heterocycles. The van der Waals surface area contributed by atoms with Crippen LogP contribution in [0.15, 0.2) is 12.4 Å². The first-order chi connectivity index (χ1) is 10.6. The quantitative estimate of drug-likeness (QED) is 0.757. The van der Waals surface area contributed by atoms with Gasteiger partial charge in [-0.2, -0.15) is 0 Å². The van der Waals surface area contributed by atoms with Crippen molar-refractivity contribution >= 4 is 5.91 Å². The molecule has 0 N–H and O–H groups in total. The first-order valence-corrected chi connectivity index (χ1v) is 7.51. The fourth-order valence-electron chi connectivity index (χ4n) is 2.83. The van der Waals surface area contributed by atoms with Crippen molar-refractivity contribution in [3.63, 3.8) is 0 Å². The van der Waals surface area contributed by atoms with Crippen LogP contribution in [0.1, 0.15) is 12.7 Å². The van der Waals surface area contributed by atoms with Crippen molar-refractivity contribution in [2.45, 2.75) is 38.1 Å². The average molecular weight is 311 g/mol. The van der Waals surface area contributed by atoms with Gasteiger partial charge in [-0.25, -0.2) is 4.98 Å². The van der Waals surface area contributed by atoms with Crippen molar-refractivity contribution in [2.24, 2.45) is 0 Å². The second-order valence-electron chi connectivity index (χ2n) is 5.41. The molecule has 124 valence electrons. The van der Waals surface area contributed by atoms with E-state index in [-0.39, 0.29) is 30.7 Å². The van der Waals surface area contributed by atoms with Crippen molar-refractivity contribution in [3.8, 4) is 0 Å². The molecular weight excluding hydrogens is 286 g/mol. The zero-order valence-electron chi connectivity index (χ0n) is 13.7. The smallest absolute Gasteiger partial charge is 0.242 e. The highest BCUT2D eigenvalue weighted by Crippen LogP contribution is 2.19. The number of amides is 1. The topological polar surface area (TPSA) is 65.8 Å². The SMILES string of the molecule is CCc1nccn1CC(=O)N(C)[C@@H]1COC[C@@H](OC)[C@H]1OC. The monoisotopic (exact) mass is 311 g/mol. The Morgan fingerprint density at radius 3 is 2.86 bits per heavy atom. The van der Waals surface area contributed by atoms with Gasteiger partial charge in [0.2, 0.25) is 5.91 Å². The maximum absolute atomic E-state index is 12.6. The van der Waals surface area contributed by atoms with E-state index in [4.69, 9.17) is 14.2 Å². The Bertz CT molecular complexity index is 491. The van der Waals surface area contributed by atoms with Crippen molar-refractivity contribution in [2.75, 3.05) is 34.5 Å². The van der Waals surface area contributed by atoms with E-state index in [1.165, 1.54) is 0 Å². The molecule has 3 atom stereocenters.